The van der Waals surface area contributed by atoms with Gasteiger partial charge in [-0.05, 0) is 5.56 Å². The molecule has 0 bridgehead atoms. The van der Waals surface area contributed by atoms with Crippen LogP contribution in [0.25, 0.3) is 0 Å². The molecule has 0 aliphatic carbocycles. The van der Waals surface area contributed by atoms with E-state index in [2.05, 4.69) is 4.90 Å². The van der Waals surface area contributed by atoms with Crippen LogP contribution in [0, 0.1) is 0 Å². The topological polar surface area (TPSA) is 26.7 Å². The van der Waals surface area contributed by atoms with Crippen LogP contribution in [-0.2, 0) is 6.54 Å². The fraction of sp³-hybridized carbons (Fsp3) is 0.571. The lowest BCUT2D eigenvalue weighted by molar-refractivity contribution is -0.209. The number of aliphatic hydroxyl groups excluding tert-OH is 1. The summed E-state index contributed by atoms with van der Waals surface area (Å²) in [6.07, 6.45) is -6.77. The van der Waals surface area contributed by atoms with Gasteiger partial charge in [-0.1, -0.05) is 30.3 Å². The van der Waals surface area contributed by atoms with E-state index in [0.717, 1.165) is 19.6 Å². The highest BCUT2D eigenvalue weighted by molar-refractivity contribution is 5.14. The third kappa shape index (κ3) is 4.47. The normalized spacial score (nSPS) is 20.0. The van der Waals surface area contributed by atoms with Crippen LogP contribution in [0.15, 0.2) is 30.3 Å². The van der Waals surface area contributed by atoms with Crippen LogP contribution >= 0.6 is 0 Å². The molecule has 1 atom stereocenters. The van der Waals surface area contributed by atoms with Gasteiger partial charge in [0.1, 0.15) is 0 Å². The molecule has 0 aromatic heterocycles. The third-order valence-corrected chi connectivity index (χ3v) is 3.52. The van der Waals surface area contributed by atoms with Crippen LogP contribution in [0.5, 0.6) is 0 Å². The van der Waals surface area contributed by atoms with Gasteiger partial charge in [0.15, 0.2) is 6.10 Å². The summed E-state index contributed by atoms with van der Waals surface area (Å²) >= 11 is 0. The zero-order chi connectivity index (χ0) is 14.6. The molecule has 0 radical (unpaired) electrons. The number of nitrogens with zero attached hydrogens (tertiary/aromatic N) is 2. The van der Waals surface area contributed by atoms with Crippen molar-refractivity contribution in [2.24, 2.45) is 0 Å². The quantitative estimate of drug-likeness (QED) is 0.914. The zero-order valence-electron chi connectivity index (χ0n) is 11.2. The molecule has 1 aromatic rings. The molecule has 1 N–H and O–H groups in total. The lowest BCUT2D eigenvalue weighted by atomic mass is 10.2. The van der Waals surface area contributed by atoms with Crippen LogP contribution < -0.4 is 0 Å². The molecule has 112 valence electrons. The molecule has 0 saturated carbocycles. The molecule has 0 unspecified atom stereocenters. The van der Waals surface area contributed by atoms with E-state index in [0.29, 0.717) is 13.1 Å². The lowest BCUT2D eigenvalue weighted by Gasteiger charge is -2.35. The molecule has 6 heteroatoms. The summed E-state index contributed by atoms with van der Waals surface area (Å²) in [6, 6.07) is 10.00. The monoisotopic (exact) mass is 288 g/mol. The highest BCUT2D eigenvalue weighted by Gasteiger charge is 2.39. The molecule has 1 aromatic carbocycles. The van der Waals surface area contributed by atoms with E-state index in [-0.39, 0.29) is 6.54 Å². The molecule has 1 fully saturated rings. The van der Waals surface area contributed by atoms with Gasteiger partial charge in [-0.2, -0.15) is 13.2 Å². The number of piperazine rings is 1. The zero-order valence-corrected chi connectivity index (χ0v) is 11.2. The molecule has 1 aliphatic heterocycles. The van der Waals surface area contributed by atoms with E-state index in [1.165, 1.54) is 5.56 Å². The number of hydrogen-bond donors (Lipinski definition) is 1. The Morgan fingerprint density at radius 1 is 1.00 bits per heavy atom. The van der Waals surface area contributed by atoms with Crippen LogP contribution in [0.4, 0.5) is 13.2 Å². The maximum Gasteiger partial charge on any atom is 0.415 e. The molecular formula is C14H19F3N2O. The molecule has 3 nitrogen and oxygen atoms in total. The van der Waals surface area contributed by atoms with Gasteiger partial charge >= 0.3 is 6.18 Å². The summed E-state index contributed by atoms with van der Waals surface area (Å²) in [5.74, 6) is 0. The number of halogens is 3. The minimum Gasteiger partial charge on any atom is -0.382 e. The predicted octanol–water partition coefficient (Wildman–Crippen LogP) is 1.73. The van der Waals surface area contributed by atoms with E-state index >= 15 is 0 Å². The Hall–Kier alpha value is -1.11. The summed E-state index contributed by atoms with van der Waals surface area (Å²) in [5.41, 5.74) is 1.20. The van der Waals surface area contributed by atoms with E-state index in [1.807, 2.05) is 30.3 Å². The van der Waals surface area contributed by atoms with E-state index < -0.39 is 12.3 Å². The second-order valence-corrected chi connectivity index (χ2v) is 5.12. The Kier molecular flexibility index (Phi) is 5.01. The molecule has 1 heterocycles. The van der Waals surface area contributed by atoms with Crippen molar-refractivity contribution in [2.75, 3.05) is 32.7 Å². The number of rotatable bonds is 4. The van der Waals surface area contributed by atoms with E-state index in [4.69, 9.17) is 5.11 Å². The first kappa shape index (κ1) is 15.3. The first-order valence-electron chi connectivity index (χ1n) is 6.68. The van der Waals surface area contributed by atoms with Crippen molar-refractivity contribution < 1.29 is 18.3 Å². The Bertz CT molecular complexity index is 403. The fourth-order valence-electron chi connectivity index (χ4n) is 2.32. The molecule has 1 aliphatic rings. The number of β-amino-alcohol motifs (C(OH)–C–C–N with tert-alkyl or cyclic N) is 1. The van der Waals surface area contributed by atoms with Crippen molar-refractivity contribution in [1.82, 2.24) is 9.80 Å². The van der Waals surface area contributed by atoms with E-state index in [9.17, 15) is 13.2 Å². The number of benzene rings is 1. The van der Waals surface area contributed by atoms with Gasteiger partial charge in [0.2, 0.25) is 0 Å². The minimum atomic E-state index is -4.53. The SMILES string of the molecule is O[C@@H](CN1CCN(Cc2ccccc2)CC1)C(F)(F)F. The summed E-state index contributed by atoms with van der Waals surface area (Å²) in [4.78, 5) is 3.88. The Morgan fingerprint density at radius 2 is 1.55 bits per heavy atom. The Morgan fingerprint density at radius 3 is 2.10 bits per heavy atom. The maximum absolute atomic E-state index is 12.3. The van der Waals surface area contributed by atoms with Gasteiger partial charge in [-0.25, -0.2) is 0 Å². The second kappa shape index (κ2) is 6.56. The van der Waals surface area contributed by atoms with Gasteiger partial charge < -0.3 is 5.11 Å². The fourth-order valence-corrected chi connectivity index (χ4v) is 2.32. The van der Waals surface area contributed by atoms with Crippen molar-refractivity contribution >= 4 is 0 Å². The summed E-state index contributed by atoms with van der Waals surface area (Å²) in [5, 5.41) is 9.06. The third-order valence-electron chi connectivity index (χ3n) is 3.52. The van der Waals surface area contributed by atoms with Gasteiger partial charge in [-0.15, -0.1) is 0 Å². The number of alkyl halides is 3. The maximum atomic E-state index is 12.3. The first-order valence-corrected chi connectivity index (χ1v) is 6.68. The molecule has 0 spiro atoms. The average Bonchev–Trinajstić information content (AvgIpc) is 2.41. The van der Waals surface area contributed by atoms with Crippen LogP contribution in [0.2, 0.25) is 0 Å². The number of aliphatic hydroxyl groups is 1. The molecular weight excluding hydrogens is 269 g/mol. The average molecular weight is 288 g/mol. The summed E-state index contributed by atoms with van der Waals surface area (Å²) in [7, 11) is 0. The van der Waals surface area contributed by atoms with Crippen LogP contribution in [0.1, 0.15) is 5.56 Å². The Labute approximate surface area is 116 Å². The Balaban J connectivity index is 1.75. The van der Waals surface area contributed by atoms with Crippen molar-refractivity contribution in [3.63, 3.8) is 0 Å². The largest absolute Gasteiger partial charge is 0.415 e. The van der Waals surface area contributed by atoms with Gasteiger partial charge in [0, 0.05) is 39.3 Å². The highest BCUT2D eigenvalue weighted by Crippen LogP contribution is 2.21. The second-order valence-electron chi connectivity index (χ2n) is 5.12. The number of hydrogen-bond acceptors (Lipinski definition) is 3. The summed E-state index contributed by atoms with van der Waals surface area (Å²) < 4.78 is 36.8. The standard InChI is InChI=1S/C14H19F3N2O/c15-14(16,17)13(20)11-19-8-6-18(7-9-19)10-12-4-2-1-3-5-12/h1-5,13,20H,6-11H2/t13-/m0/s1. The molecule has 2 rings (SSSR count). The van der Waals surface area contributed by atoms with Crippen molar-refractivity contribution in [2.45, 2.75) is 18.8 Å². The molecule has 20 heavy (non-hydrogen) atoms. The van der Waals surface area contributed by atoms with Gasteiger partial charge in [0.05, 0.1) is 0 Å². The van der Waals surface area contributed by atoms with Crippen molar-refractivity contribution in [1.29, 1.82) is 0 Å². The highest BCUT2D eigenvalue weighted by atomic mass is 19.4. The minimum absolute atomic E-state index is 0.331. The lowest BCUT2D eigenvalue weighted by Crippen LogP contribution is -2.50. The van der Waals surface area contributed by atoms with Crippen LogP contribution in [-0.4, -0.2) is 59.9 Å². The smallest absolute Gasteiger partial charge is 0.382 e. The summed E-state index contributed by atoms with van der Waals surface area (Å²) in [6.45, 7) is 3.04. The molecule has 1 saturated heterocycles. The van der Waals surface area contributed by atoms with E-state index in [1.54, 1.807) is 4.90 Å². The predicted molar refractivity (Wildman–Crippen MR) is 70.2 cm³/mol. The molecule has 0 amide bonds. The van der Waals surface area contributed by atoms with Crippen LogP contribution in [0.3, 0.4) is 0 Å². The van der Waals surface area contributed by atoms with Gasteiger partial charge in [-0.3, -0.25) is 9.80 Å². The first-order chi connectivity index (χ1) is 9.45. The van der Waals surface area contributed by atoms with Crippen molar-refractivity contribution in [3.8, 4) is 0 Å². The van der Waals surface area contributed by atoms with Gasteiger partial charge in [0.25, 0.3) is 0 Å². The van der Waals surface area contributed by atoms with Crippen molar-refractivity contribution in [3.05, 3.63) is 35.9 Å².